The summed E-state index contributed by atoms with van der Waals surface area (Å²) in [5.41, 5.74) is 14.1. The van der Waals surface area contributed by atoms with E-state index >= 15 is 0 Å². The average Bonchev–Trinajstić information content (AvgIpc) is 2.92. The van der Waals surface area contributed by atoms with Crippen LogP contribution in [0.3, 0.4) is 0 Å². The molecule has 3 rings (SSSR count). The number of nitrogens with zero attached hydrogens (tertiary/aromatic N) is 2. The van der Waals surface area contributed by atoms with E-state index < -0.39 is 0 Å². The Labute approximate surface area is 115 Å². The molecule has 1 fully saturated rings. The fraction of sp³-hybridized carbons (Fsp3) is 0.385. The van der Waals surface area contributed by atoms with Gasteiger partial charge in [-0.2, -0.15) is 0 Å². The van der Waals surface area contributed by atoms with E-state index in [0.717, 1.165) is 40.3 Å². The van der Waals surface area contributed by atoms with E-state index in [9.17, 15) is 4.79 Å². The van der Waals surface area contributed by atoms with Crippen molar-refractivity contribution < 1.29 is 4.79 Å². The third-order valence-corrected chi connectivity index (χ3v) is 4.47. The minimum atomic E-state index is -0.286. The standard InChI is InChI=1S/C13H16N4OS/c1-7-16-9-6-11(8(14)5-12(9)19-7)17-4-2-3-10(17)13(15)18/h5-6,10H,2-4,14H2,1H3,(H2,15,18). The zero-order valence-electron chi connectivity index (χ0n) is 10.7. The number of fused-ring (bicyclic) bond motifs is 1. The zero-order valence-corrected chi connectivity index (χ0v) is 11.5. The summed E-state index contributed by atoms with van der Waals surface area (Å²) in [5, 5.41) is 1.01. The molecule has 1 atom stereocenters. The third kappa shape index (κ3) is 2.02. The van der Waals surface area contributed by atoms with Crippen molar-refractivity contribution in [3.8, 4) is 0 Å². The number of primary amides is 1. The second-order valence-electron chi connectivity index (χ2n) is 4.87. The number of aryl methyl sites for hydroxylation is 1. The molecule has 19 heavy (non-hydrogen) atoms. The van der Waals surface area contributed by atoms with Crippen LogP contribution in [0, 0.1) is 6.92 Å². The lowest BCUT2D eigenvalue weighted by Gasteiger charge is -2.25. The first-order valence-electron chi connectivity index (χ1n) is 6.29. The van der Waals surface area contributed by atoms with E-state index in [1.165, 1.54) is 0 Å². The minimum Gasteiger partial charge on any atom is -0.397 e. The Hall–Kier alpha value is -1.82. The number of carbonyl (C=O) groups excluding carboxylic acids is 1. The van der Waals surface area contributed by atoms with Crippen molar-refractivity contribution >= 4 is 38.8 Å². The van der Waals surface area contributed by atoms with Crippen LogP contribution in [-0.4, -0.2) is 23.5 Å². The van der Waals surface area contributed by atoms with Gasteiger partial charge in [-0.25, -0.2) is 4.98 Å². The number of hydrogen-bond donors (Lipinski definition) is 2. The fourth-order valence-corrected chi connectivity index (χ4v) is 3.55. The van der Waals surface area contributed by atoms with Crippen molar-refractivity contribution in [3.05, 3.63) is 17.1 Å². The number of nitrogens with two attached hydrogens (primary N) is 2. The first-order chi connectivity index (χ1) is 9.06. The Bertz CT molecular complexity index is 651. The normalized spacial score (nSPS) is 19.2. The van der Waals surface area contributed by atoms with E-state index in [4.69, 9.17) is 11.5 Å². The Morgan fingerprint density at radius 2 is 2.32 bits per heavy atom. The maximum Gasteiger partial charge on any atom is 0.240 e. The molecule has 0 bridgehead atoms. The number of hydrogen-bond acceptors (Lipinski definition) is 5. The number of thiazole rings is 1. The van der Waals surface area contributed by atoms with Crippen molar-refractivity contribution in [2.45, 2.75) is 25.8 Å². The summed E-state index contributed by atoms with van der Waals surface area (Å²) in [6.45, 7) is 2.79. The molecule has 1 aliphatic rings. The van der Waals surface area contributed by atoms with Gasteiger partial charge in [-0.15, -0.1) is 11.3 Å². The van der Waals surface area contributed by atoms with Crippen LogP contribution in [0.2, 0.25) is 0 Å². The SMILES string of the molecule is Cc1nc2cc(N3CCCC3C(N)=O)c(N)cc2s1. The van der Waals surface area contributed by atoms with Crippen molar-refractivity contribution in [2.24, 2.45) is 5.73 Å². The molecular weight excluding hydrogens is 260 g/mol. The van der Waals surface area contributed by atoms with Crippen molar-refractivity contribution in [3.63, 3.8) is 0 Å². The topological polar surface area (TPSA) is 85.2 Å². The Balaban J connectivity index is 2.08. The number of carbonyl (C=O) groups is 1. The Morgan fingerprint density at radius 1 is 1.53 bits per heavy atom. The minimum absolute atomic E-state index is 0.250. The number of nitrogen functional groups attached to an aromatic ring is 1. The lowest BCUT2D eigenvalue weighted by Crippen LogP contribution is -2.40. The maximum atomic E-state index is 11.5. The highest BCUT2D eigenvalue weighted by Crippen LogP contribution is 2.35. The molecular formula is C13H16N4OS. The summed E-state index contributed by atoms with van der Waals surface area (Å²) >= 11 is 1.62. The molecule has 5 nitrogen and oxygen atoms in total. The van der Waals surface area contributed by atoms with Crippen LogP contribution in [-0.2, 0) is 4.79 Å². The van der Waals surface area contributed by atoms with Gasteiger partial charge in [0, 0.05) is 6.54 Å². The number of aromatic nitrogens is 1. The van der Waals surface area contributed by atoms with Crippen molar-refractivity contribution in [1.82, 2.24) is 4.98 Å². The van der Waals surface area contributed by atoms with Gasteiger partial charge in [-0.1, -0.05) is 0 Å². The molecule has 0 aliphatic carbocycles. The molecule has 1 aromatic heterocycles. The predicted molar refractivity (Wildman–Crippen MR) is 78.3 cm³/mol. The molecule has 1 amide bonds. The molecule has 1 unspecified atom stereocenters. The molecule has 1 saturated heterocycles. The van der Waals surface area contributed by atoms with E-state index in [1.807, 2.05) is 24.0 Å². The number of anilines is 2. The van der Waals surface area contributed by atoms with Crippen LogP contribution in [0.1, 0.15) is 17.8 Å². The second kappa shape index (κ2) is 4.38. The number of benzene rings is 1. The molecule has 1 aliphatic heterocycles. The average molecular weight is 276 g/mol. The molecule has 0 spiro atoms. The van der Waals surface area contributed by atoms with Gasteiger partial charge in [0.1, 0.15) is 6.04 Å². The largest absolute Gasteiger partial charge is 0.397 e. The smallest absolute Gasteiger partial charge is 0.240 e. The lowest BCUT2D eigenvalue weighted by atomic mass is 10.2. The summed E-state index contributed by atoms with van der Waals surface area (Å²) < 4.78 is 1.08. The highest BCUT2D eigenvalue weighted by atomic mass is 32.1. The van der Waals surface area contributed by atoms with E-state index in [-0.39, 0.29) is 11.9 Å². The highest BCUT2D eigenvalue weighted by Gasteiger charge is 2.30. The monoisotopic (exact) mass is 276 g/mol. The molecule has 2 heterocycles. The van der Waals surface area contributed by atoms with Gasteiger partial charge in [0.05, 0.1) is 26.6 Å². The van der Waals surface area contributed by atoms with Gasteiger partial charge in [-0.3, -0.25) is 4.79 Å². The van der Waals surface area contributed by atoms with Gasteiger partial charge >= 0.3 is 0 Å². The number of rotatable bonds is 2. The van der Waals surface area contributed by atoms with E-state index in [1.54, 1.807) is 11.3 Å². The number of amides is 1. The van der Waals surface area contributed by atoms with Gasteiger partial charge in [-0.05, 0) is 31.9 Å². The van der Waals surface area contributed by atoms with Gasteiger partial charge in [0.25, 0.3) is 0 Å². The summed E-state index contributed by atoms with van der Waals surface area (Å²) in [6, 6.07) is 3.65. The summed E-state index contributed by atoms with van der Waals surface area (Å²) in [5.74, 6) is -0.286. The van der Waals surface area contributed by atoms with Crippen LogP contribution < -0.4 is 16.4 Å². The molecule has 100 valence electrons. The summed E-state index contributed by atoms with van der Waals surface area (Å²) in [4.78, 5) is 18.0. The first kappa shape index (κ1) is 12.2. The van der Waals surface area contributed by atoms with Crippen LogP contribution in [0.4, 0.5) is 11.4 Å². The molecule has 1 aromatic carbocycles. The van der Waals surface area contributed by atoms with Crippen LogP contribution >= 0.6 is 11.3 Å². The maximum absolute atomic E-state index is 11.5. The molecule has 4 N–H and O–H groups in total. The molecule has 2 aromatic rings. The summed E-state index contributed by atoms with van der Waals surface area (Å²) in [7, 11) is 0. The molecule has 0 radical (unpaired) electrons. The first-order valence-corrected chi connectivity index (χ1v) is 7.10. The van der Waals surface area contributed by atoms with Crippen molar-refractivity contribution in [2.75, 3.05) is 17.2 Å². The van der Waals surface area contributed by atoms with E-state index in [2.05, 4.69) is 4.98 Å². The van der Waals surface area contributed by atoms with Gasteiger partial charge in [0.15, 0.2) is 0 Å². The predicted octanol–water partition coefficient (Wildman–Crippen LogP) is 1.64. The second-order valence-corrected chi connectivity index (χ2v) is 6.10. The van der Waals surface area contributed by atoms with E-state index in [0.29, 0.717) is 5.69 Å². The zero-order chi connectivity index (χ0) is 13.6. The van der Waals surface area contributed by atoms with Gasteiger partial charge < -0.3 is 16.4 Å². The Morgan fingerprint density at radius 3 is 3.05 bits per heavy atom. The lowest BCUT2D eigenvalue weighted by molar-refractivity contribution is -0.119. The van der Waals surface area contributed by atoms with Crippen molar-refractivity contribution in [1.29, 1.82) is 0 Å². The van der Waals surface area contributed by atoms with Crippen LogP contribution in [0.15, 0.2) is 12.1 Å². The quantitative estimate of drug-likeness (QED) is 0.817. The van der Waals surface area contributed by atoms with Gasteiger partial charge in [0.2, 0.25) is 5.91 Å². The molecule has 6 heteroatoms. The molecule has 0 saturated carbocycles. The fourth-order valence-electron chi connectivity index (χ4n) is 2.69. The summed E-state index contributed by atoms with van der Waals surface area (Å²) in [6.07, 6.45) is 1.75. The Kier molecular flexibility index (Phi) is 2.82. The third-order valence-electron chi connectivity index (χ3n) is 3.53. The van der Waals surface area contributed by atoms with Crippen LogP contribution in [0.5, 0.6) is 0 Å². The van der Waals surface area contributed by atoms with Crippen LogP contribution in [0.25, 0.3) is 10.2 Å². The highest BCUT2D eigenvalue weighted by molar-refractivity contribution is 7.18.